The number of para-hydroxylation sites is 1. The molecular formula is C23H19ClN2O4S. The van der Waals surface area contributed by atoms with Gasteiger partial charge in [-0.1, -0.05) is 41.9 Å². The number of aryl methyl sites for hydroxylation is 1. The van der Waals surface area contributed by atoms with E-state index in [2.05, 4.69) is 10.0 Å². The van der Waals surface area contributed by atoms with Gasteiger partial charge in [0.05, 0.1) is 28.3 Å². The molecule has 0 bridgehead atoms. The molecule has 0 aliphatic carbocycles. The van der Waals surface area contributed by atoms with E-state index in [1.165, 1.54) is 12.1 Å². The molecule has 0 fully saturated rings. The molecule has 0 aliphatic rings. The molecule has 3 aromatic carbocycles. The summed E-state index contributed by atoms with van der Waals surface area (Å²) in [5, 5.41) is 3.91. The third-order valence-corrected chi connectivity index (χ3v) is 6.40. The van der Waals surface area contributed by atoms with Crippen LogP contribution in [-0.4, -0.2) is 14.3 Å². The quantitative estimate of drug-likeness (QED) is 0.409. The van der Waals surface area contributed by atoms with E-state index in [0.717, 1.165) is 22.1 Å². The highest BCUT2D eigenvalue weighted by atomic mass is 35.5. The van der Waals surface area contributed by atoms with Gasteiger partial charge in [-0.15, -0.1) is 0 Å². The lowest BCUT2D eigenvalue weighted by atomic mass is 10.1. The summed E-state index contributed by atoms with van der Waals surface area (Å²) in [6.07, 6.45) is 1.67. The van der Waals surface area contributed by atoms with Crippen LogP contribution in [0.15, 0.2) is 82.3 Å². The summed E-state index contributed by atoms with van der Waals surface area (Å²) in [5.41, 5.74) is 3.20. The number of anilines is 2. The largest absolute Gasteiger partial charge is 0.464 e. The van der Waals surface area contributed by atoms with E-state index in [4.69, 9.17) is 16.0 Å². The zero-order chi connectivity index (χ0) is 22.0. The van der Waals surface area contributed by atoms with Crippen LogP contribution < -0.4 is 10.0 Å². The highest BCUT2D eigenvalue weighted by molar-refractivity contribution is 7.92. The highest BCUT2D eigenvalue weighted by Gasteiger charge is 2.17. The number of hydrogen-bond acceptors (Lipinski definition) is 4. The second-order valence-electron chi connectivity index (χ2n) is 7.10. The van der Waals surface area contributed by atoms with Crippen LogP contribution in [0, 0.1) is 6.92 Å². The van der Waals surface area contributed by atoms with Gasteiger partial charge in [-0.2, -0.15) is 0 Å². The fourth-order valence-electron chi connectivity index (χ4n) is 3.19. The third-order valence-electron chi connectivity index (χ3n) is 4.71. The van der Waals surface area contributed by atoms with Crippen LogP contribution in [0.1, 0.15) is 11.1 Å². The summed E-state index contributed by atoms with van der Waals surface area (Å²) in [6, 6.07) is 18.4. The number of furan rings is 1. The number of amides is 1. The summed E-state index contributed by atoms with van der Waals surface area (Å²) >= 11 is 6.04. The summed E-state index contributed by atoms with van der Waals surface area (Å²) < 4.78 is 33.4. The molecule has 2 N–H and O–H groups in total. The highest BCUT2D eigenvalue weighted by Crippen LogP contribution is 2.26. The number of carbonyl (C=O) groups excluding carboxylic acids is 1. The fourth-order valence-corrected chi connectivity index (χ4v) is 4.56. The summed E-state index contributed by atoms with van der Waals surface area (Å²) in [7, 11) is -3.88. The molecule has 0 spiro atoms. The molecule has 31 heavy (non-hydrogen) atoms. The van der Waals surface area contributed by atoms with E-state index < -0.39 is 10.0 Å². The smallest absolute Gasteiger partial charge is 0.262 e. The lowest BCUT2D eigenvalue weighted by Crippen LogP contribution is -2.16. The first-order valence-corrected chi connectivity index (χ1v) is 11.3. The van der Waals surface area contributed by atoms with Crippen molar-refractivity contribution >= 4 is 49.9 Å². The number of carbonyl (C=O) groups is 1. The van der Waals surface area contributed by atoms with Crippen LogP contribution in [0.3, 0.4) is 0 Å². The van der Waals surface area contributed by atoms with Crippen LogP contribution in [-0.2, 0) is 21.2 Å². The second-order valence-corrected chi connectivity index (χ2v) is 9.19. The van der Waals surface area contributed by atoms with Gasteiger partial charge in [-0.3, -0.25) is 9.52 Å². The molecule has 0 unspecified atom stereocenters. The van der Waals surface area contributed by atoms with Crippen molar-refractivity contribution in [2.45, 2.75) is 18.2 Å². The Bertz CT molecular complexity index is 1380. The van der Waals surface area contributed by atoms with Crippen molar-refractivity contribution in [1.29, 1.82) is 0 Å². The molecule has 0 saturated carbocycles. The first kappa shape index (κ1) is 21.0. The Morgan fingerprint density at radius 2 is 1.84 bits per heavy atom. The first-order chi connectivity index (χ1) is 14.8. The van der Waals surface area contributed by atoms with E-state index in [0.29, 0.717) is 5.69 Å². The van der Waals surface area contributed by atoms with Gasteiger partial charge in [0.2, 0.25) is 5.91 Å². The van der Waals surface area contributed by atoms with Gasteiger partial charge in [-0.05, 0) is 48.9 Å². The Morgan fingerprint density at radius 1 is 1.03 bits per heavy atom. The monoisotopic (exact) mass is 454 g/mol. The van der Waals surface area contributed by atoms with Gasteiger partial charge in [0.1, 0.15) is 5.58 Å². The molecule has 4 aromatic rings. The molecule has 6 nitrogen and oxygen atoms in total. The maximum atomic E-state index is 12.7. The lowest BCUT2D eigenvalue weighted by molar-refractivity contribution is -0.115. The number of sulfonamides is 1. The number of fused-ring (bicyclic) bond motifs is 1. The van der Waals surface area contributed by atoms with Crippen LogP contribution in [0.25, 0.3) is 11.0 Å². The minimum Gasteiger partial charge on any atom is -0.464 e. The third kappa shape index (κ3) is 4.73. The van der Waals surface area contributed by atoms with Gasteiger partial charge in [0, 0.05) is 16.6 Å². The Morgan fingerprint density at radius 3 is 2.65 bits per heavy atom. The van der Waals surface area contributed by atoms with E-state index in [1.54, 1.807) is 42.7 Å². The number of nitrogens with one attached hydrogen (secondary N) is 2. The fraction of sp³-hybridized carbons (Fsp3) is 0.0870. The average Bonchev–Trinajstić information content (AvgIpc) is 3.11. The molecule has 0 saturated heterocycles. The maximum Gasteiger partial charge on any atom is 0.262 e. The van der Waals surface area contributed by atoms with Crippen LogP contribution in [0.5, 0.6) is 0 Å². The lowest BCUT2D eigenvalue weighted by Gasteiger charge is -2.11. The summed E-state index contributed by atoms with van der Waals surface area (Å²) in [5.74, 6) is -0.281. The van der Waals surface area contributed by atoms with Crippen LogP contribution in [0.4, 0.5) is 11.4 Å². The minimum atomic E-state index is -3.88. The molecule has 1 amide bonds. The molecule has 1 heterocycles. The van der Waals surface area contributed by atoms with Crippen molar-refractivity contribution in [3.8, 4) is 0 Å². The molecule has 158 valence electrons. The van der Waals surface area contributed by atoms with Gasteiger partial charge >= 0.3 is 0 Å². The molecule has 1 aromatic heterocycles. The van der Waals surface area contributed by atoms with E-state index >= 15 is 0 Å². The number of hydrogen-bond donors (Lipinski definition) is 2. The van der Waals surface area contributed by atoms with Crippen molar-refractivity contribution in [1.82, 2.24) is 0 Å². The molecule has 0 radical (unpaired) electrons. The molecular weight excluding hydrogens is 436 g/mol. The van der Waals surface area contributed by atoms with Gasteiger partial charge < -0.3 is 9.73 Å². The van der Waals surface area contributed by atoms with Crippen molar-refractivity contribution in [2.75, 3.05) is 10.0 Å². The van der Waals surface area contributed by atoms with E-state index in [-0.39, 0.29) is 27.9 Å². The zero-order valence-corrected chi connectivity index (χ0v) is 18.1. The number of benzene rings is 3. The Hall–Kier alpha value is -3.29. The van der Waals surface area contributed by atoms with Crippen molar-refractivity contribution in [3.05, 3.63) is 89.1 Å². The maximum absolute atomic E-state index is 12.7. The topological polar surface area (TPSA) is 88.4 Å². The zero-order valence-electron chi connectivity index (χ0n) is 16.6. The second kappa shape index (κ2) is 8.45. The standard InChI is InChI=1S/C23H19ClN2O4S/c1-15-9-10-19-16(14-30-22(19)11-15)12-23(27)25-17-5-4-6-18(13-17)31(28,29)26-21-8-3-2-7-20(21)24/h2-11,13-14,26H,12H2,1H3,(H,25,27). The summed E-state index contributed by atoms with van der Waals surface area (Å²) in [4.78, 5) is 12.6. The van der Waals surface area contributed by atoms with Gasteiger partial charge in [-0.25, -0.2) is 8.42 Å². The van der Waals surface area contributed by atoms with E-state index in [1.807, 2.05) is 25.1 Å². The molecule has 0 aliphatic heterocycles. The Balaban J connectivity index is 1.50. The van der Waals surface area contributed by atoms with Crippen molar-refractivity contribution in [2.24, 2.45) is 0 Å². The predicted octanol–water partition coefficient (Wildman–Crippen LogP) is 5.38. The van der Waals surface area contributed by atoms with Crippen LogP contribution >= 0.6 is 11.6 Å². The normalized spacial score (nSPS) is 11.4. The Labute approximate surface area is 184 Å². The number of halogens is 1. The van der Waals surface area contributed by atoms with Gasteiger partial charge in [0.25, 0.3) is 10.0 Å². The number of rotatable bonds is 6. The van der Waals surface area contributed by atoms with Crippen LogP contribution in [0.2, 0.25) is 5.02 Å². The van der Waals surface area contributed by atoms with E-state index in [9.17, 15) is 13.2 Å². The van der Waals surface area contributed by atoms with Crippen molar-refractivity contribution < 1.29 is 17.6 Å². The molecule has 4 rings (SSSR count). The molecule has 0 atom stereocenters. The Kier molecular flexibility index (Phi) is 5.71. The first-order valence-electron chi connectivity index (χ1n) is 9.46. The van der Waals surface area contributed by atoms with Gasteiger partial charge in [0.15, 0.2) is 0 Å². The SMILES string of the molecule is Cc1ccc2c(CC(=O)Nc3cccc(S(=O)(=O)Nc4ccccc4Cl)c3)coc2c1. The van der Waals surface area contributed by atoms with Crippen molar-refractivity contribution in [3.63, 3.8) is 0 Å². The summed E-state index contributed by atoms with van der Waals surface area (Å²) in [6.45, 7) is 1.97. The minimum absolute atomic E-state index is 0.00876. The average molecular weight is 455 g/mol. The predicted molar refractivity (Wildman–Crippen MR) is 122 cm³/mol. The molecule has 8 heteroatoms.